The fraction of sp³-hybridized carbons (Fsp3) is 0.667. The number of fused-ring (bicyclic) bond motifs is 1. The molecule has 17 nitrogen and oxygen atoms in total. The number of benzene rings is 1. The second-order valence-electron chi connectivity index (χ2n) is 14.5. The normalized spacial score (nSPS) is 28.7. The SMILES string of the molecule is CC(=O)N[C@H]1[C@H]([C@H](O)[C@H](O)CNC(=O)c2ccc3cn[nH]c3c2)O[C@@](CCN2CCOC[C@@]23CCN(C(=O)OC(C)(C)C)C3)(C(=O)O)C[C@@H]1O. The van der Waals surface area contributed by atoms with Crippen molar-refractivity contribution in [2.75, 3.05) is 45.9 Å². The van der Waals surface area contributed by atoms with Crippen LogP contribution in [0.2, 0.25) is 0 Å². The Morgan fingerprint density at radius 1 is 1.20 bits per heavy atom. The van der Waals surface area contributed by atoms with E-state index in [9.17, 15) is 39.6 Å². The van der Waals surface area contributed by atoms with Gasteiger partial charge < -0.3 is 50.2 Å². The lowest BCUT2D eigenvalue weighted by Gasteiger charge is -2.49. The van der Waals surface area contributed by atoms with Gasteiger partial charge in [0.15, 0.2) is 5.60 Å². The van der Waals surface area contributed by atoms with Crippen molar-refractivity contribution in [3.8, 4) is 0 Å². The summed E-state index contributed by atoms with van der Waals surface area (Å²) >= 11 is 0. The molecule has 50 heavy (non-hydrogen) atoms. The number of nitrogens with zero attached hydrogens (tertiary/aromatic N) is 3. The molecular formula is C33H48N6O11. The molecule has 1 spiro atoms. The van der Waals surface area contributed by atoms with Crippen molar-refractivity contribution < 1.29 is 53.8 Å². The number of aliphatic hydroxyl groups is 3. The first kappa shape index (κ1) is 37.4. The molecule has 276 valence electrons. The lowest BCUT2D eigenvalue weighted by Crippen LogP contribution is -2.68. The fourth-order valence-electron chi connectivity index (χ4n) is 7.03. The maximum atomic E-state index is 12.9. The number of aliphatic carboxylic acids is 1. The topological polar surface area (TPSA) is 236 Å². The maximum Gasteiger partial charge on any atom is 0.410 e. The molecule has 0 unspecified atom stereocenters. The molecule has 3 fully saturated rings. The standard InChI is InChI=1S/C33H48N6O11/c1-19(40)36-25-23(41)14-33(29(45)46,8-10-39-11-12-48-18-32(39)7-9-38(17-32)30(47)50-31(2,3)4)49-27(25)26(43)24(42)16-34-28(44)20-5-6-21-15-35-37-22(21)13-20/h5-6,13,15,23-27,41-43H,7-12,14,16-18H2,1-4H3,(H,34,44)(H,35,37)(H,36,40)(H,45,46)/t23-,24+,25+,26+,27+,32-,33+/m0/s1. The van der Waals surface area contributed by atoms with Crippen LogP contribution >= 0.6 is 0 Å². The zero-order chi connectivity index (χ0) is 36.4. The van der Waals surface area contributed by atoms with Gasteiger partial charge in [-0.1, -0.05) is 6.07 Å². The van der Waals surface area contributed by atoms with E-state index in [1.807, 2.05) is 0 Å². The molecule has 0 aliphatic carbocycles. The molecule has 4 heterocycles. The number of carbonyl (C=O) groups is 4. The van der Waals surface area contributed by atoms with E-state index in [-0.39, 0.29) is 18.5 Å². The average Bonchev–Trinajstić information content (AvgIpc) is 3.70. The van der Waals surface area contributed by atoms with Crippen LogP contribution in [0.5, 0.6) is 0 Å². The van der Waals surface area contributed by atoms with Crippen LogP contribution in [0.25, 0.3) is 10.9 Å². The van der Waals surface area contributed by atoms with Crippen LogP contribution in [0.4, 0.5) is 4.79 Å². The summed E-state index contributed by atoms with van der Waals surface area (Å²) in [5, 5.41) is 56.7. The fourth-order valence-corrected chi connectivity index (χ4v) is 7.03. The third-order valence-corrected chi connectivity index (χ3v) is 9.65. The Kier molecular flexibility index (Phi) is 11.0. The molecule has 0 bridgehead atoms. The van der Waals surface area contributed by atoms with Crippen molar-refractivity contribution in [1.82, 2.24) is 30.6 Å². The number of carboxylic acids is 1. The Morgan fingerprint density at radius 2 is 1.96 bits per heavy atom. The Bertz CT molecular complexity index is 1560. The number of morpholine rings is 1. The van der Waals surface area contributed by atoms with Gasteiger partial charge in [-0.2, -0.15) is 5.10 Å². The van der Waals surface area contributed by atoms with Crippen molar-refractivity contribution >= 4 is 34.8 Å². The number of carbonyl (C=O) groups excluding carboxylic acids is 3. The molecule has 0 radical (unpaired) electrons. The lowest BCUT2D eigenvalue weighted by atomic mass is 9.81. The average molecular weight is 705 g/mol. The smallest absolute Gasteiger partial charge is 0.410 e. The van der Waals surface area contributed by atoms with E-state index in [0.717, 1.165) is 5.39 Å². The molecule has 3 saturated heterocycles. The van der Waals surface area contributed by atoms with Crippen LogP contribution in [0, 0.1) is 0 Å². The van der Waals surface area contributed by atoms with E-state index in [2.05, 4.69) is 25.7 Å². The summed E-state index contributed by atoms with van der Waals surface area (Å²) < 4.78 is 17.5. The van der Waals surface area contributed by atoms with Gasteiger partial charge >= 0.3 is 12.1 Å². The molecule has 17 heteroatoms. The zero-order valence-electron chi connectivity index (χ0n) is 28.8. The summed E-state index contributed by atoms with van der Waals surface area (Å²) in [5.41, 5.74) is -2.40. The monoisotopic (exact) mass is 704 g/mol. The van der Waals surface area contributed by atoms with Crippen LogP contribution in [0.3, 0.4) is 0 Å². The molecular weight excluding hydrogens is 656 g/mol. The lowest BCUT2D eigenvalue weighted by molar-refractivity contribution is -0.231. The van der Waals surface area contributed by atoms with Crippen LogP contribution in [-0.2, 0) is 23.8 Å². The highest BCUT2D eigenvalue weighted by molar-refractivity contribution is 5.97. The summed E-state index contributed by atoms with van der Waals surface area (Å²) in [6, 6.07) is 3.58. The number of likely N-dealkylation sites (tertiary alicyclic amines) is 1. The molecule has 1 aromatic heterocycles. The van der Waals surface area contributed by atoms with Crippen molar-refractivity contribution in [3.05, 3.63) is 30.0 Å². The number of ether oxygens (including phenoxy) is 3. The van der Waals surface area contributed by atoms with E-state index in [0.29, 0.717) is 44.8 Å². The van der Waals surface area contributed by atoms with Crippen LogP contribution in [-0.4, -0.2) is 157 Å². The molecule has 3 amide bonds. The molecule has 7 atom stereocenters. The minimum Gasteiger partial charge on any atom is -0.479 e. The number of nitrogens with one attached hydrogen (secondary N) is 3. The minimum atomic E-state index is -2.02. The van der Waals surface area contributed by atoms with Gasteiger partial charge in [0.1, 0.15) is 17.8 Å². The second-order valence-corrected chi connectivity index (χ2v) is 14.5. The van der Waals surface area contributed by atoms with Gasteiger partial charge in [0, 0.05) is 63.4 Å². The van der Waals surface area contributed by atoms with Gasteiger partial charge in [0.25, 0.3) is 5.91 Å². The largest absolute Gasteiger partial charge is 0.479 e. The third-order valence-electron chi connectivity index (χ3n) is 9.65. The van der Waals surface area contributed by atoms with Crippen LogP contribution < -0.4 is 10.6 Å². The van der Waals surface area contributed by atoms with Crippen molar-refractivity contribution in [3.63, 3.8) is 0 Å². The van der Waals surface area contributed by atoms with E-state index in [1.165, 1.54) is 6.92 Å². The van der Waals surface area contributed by atoms with E-state index >= 15 is 0 Å². The van der Waals surface area contributed by atoms with Gasteiger partial charge in [-0.05, 0) is 39.3 Å². The van der Waals surface area contributed by atoms with Gasteiger partial charge in [-0.15, -0.1) is 0 Å². The molecule has 7 N–H and O–H groups in total. The highest BCUT2D eigenvalue weighted by Crippen LogP contribution is 2.38. The predicted molar refractivity (Wildman–Crippen MR) is 176 cm³/mol. The van der Waals surface area contributed by atoms with Gasteiger partial charge in [-0.3, -0.25) is 19.6 Å². The van der Waals surface area contributed by atoms with E-state index in [1.54, 1.807) is 50.1 Å². The molecule has 2 aromatic rings. The summed E-state index contributed by atoms with van der Waals surface area (Å²) in [5.74, 6) is -2.51. The first-order chi connectivity index (χ1) is 23.5. The number of H-pyrrole nitrogens is 1. The third kappa shape index (κ3) is 8.19. The minimum absolute atomic E-state index is 0.132. The van der Waals surface area contributed by atoms with E-state index < -0.39 is 84.0 Å². The summed E-state index contributed by atoms with van der Waals surface area (Å²) in [6.07, 6.45) is -5.38. The molecule has 0 saturated carbocycles. The highest BCUT2D eigenvalue weighted by Gasteiger charge is 2.55. The molecule has 3 aliphatic rings. The predicted octanol–water partition coefficient (Wildman–Crippen LogP) is -0.406. The van der Waals surface area contributed by atoms with Gasteiger partial charge in [0.05, 0.1) is 48.7 Å². The number of hydrogen-bond acceptors (Lipinski definition) is 12. The Balaban J connectivity index is 1.29. The van der Waals surface area contributed by atoms with Crippen molar-refractivity contribution in [1.29, 1.82) is 0 Å². The van der Waals surface area contributed by atoms with E-state index in [4.69, 9.17) is 14.2 Å². The van der Waals surface area contributed by atoms with Gasteiger partial charge in [0.2, 0.25) is 5.91 Å². The number of aliphatic hydroxyl groups excluding tert-OH is 3. The second kappa shape index (κ2) is 14.8. The Morgan fingerprint density at radius 3 is 2.66 bits per heavy atom. The number of hydrogen-bond donors (Lipinski definition) is 7. The zero-order valence-corrected chi connectivity index (χ0v) is 28.8. The number of carboxylic acid groups (broad SMARTS) is 1. The highest BCUT2D eigenvalue weighted by atomic mass is 16.6. The molecule has 1 aromatic carbocycles. The van der Waals surface area contributed by atoms with Crippen LogP contribution in [0.15, 0.2) is 24.4 Å². The number of amides is 3. The first-order valence-electron chi connectivity index (χ1n) is 16.8. The Hall–Kier alpha value is -3.87. The summed E-state index contributed by atoms with van der Waals surface area (Å²) in [7, 11) is 0. The van der Waals surface area contributed by atoms with Crippen LogP contribution in [0.1, 0.15) is 57.3 Å². The maximum absolute atomic E-state index is 12.9. The summed E-state index contributed by atoms with van der Waals surface area (Å²) in [4.78, 5) is 54.4. The van der Waals surface area contributed by atoms with Gasteiger partial charge in [-0.25, -0.2) is 9.59 Å². The molecule has 5 rings (SSSR count). The summed E-state index contributed by atoms with van der Waals surface area (Å²) in [6.45, 7) is 8.17. The molecule has 3 aliphatic heterocycles. The quantitative estimate of drug-likeness (QED) is 0.167. The number of aromatic amines is 1. The number of aromatic nitrogens is 2. The van der Waals surface area contributed by atoms with Crippen molar-refractivity contribution in [2.24, 2.45) is 0 Å². The van der Waals surface area contributed by atoms with Crippen molar-refractivity contribution in [2.45, 2.75) is 94.2 Å². The number of rotatable bonds is 10. The Labute approximate surface area is 289 Å². The first-order valence-corrected chi connectivity index (χ1v) is 16.8.